The minimum Gasteiger partial charge on any atom is -0.367 e. The molecule has 32 heavy (non-hydrogen) atoms. The number of nitriles is 2. The molecule has 0 aliphatic carbocycles. The van der Waals surface area contributed by atoms with E-state index in [2.05, 4.69) is 42.9 Å². The van der Waals surface area contributed by atoms with E-state index in [-0.39, 0.29) is 0 Å². The van der Waals surface area contributed by atoms with Crippen LogP contribution in [0.4, 0.5) is 17.5 Å². The molecule has 9 heteroatoms. The summed E-state index contributed by atoms with van der Waals surface area (Å²) in [4.78, 5) is 11.9. The molecule has 3 aromatic heterocycles. The summed E-state index contributed by atoms with van der Waals surface area (Å²) in [5.41, 5.74) is 2.04. The first kappa shape index (κ1) is 20.2. The summed E-state index contributed by atoms with van der Waals surface area (Å²) in [5.74, 6) is 2.08. The third-order valence-corrected chi connectivity index (χ3v) is 6.47. The van der Waals surface area contributed by atoms with Crippen LogP contribution in [0.15, 0.2) is 24.3 Å². The molecule has 162 valence electrons. The Morgan fingerprint density at radius 1 is 1.12 bits per heavy atom. The number of anilines is 3. The fourth-order valence-electron chi connectivity index (χ4n) is 5.11. The van der Waals surface area contributed by atoms with Crippen LogP contribution in [0.5, 0.6) is 0 Å². The molecule has 0 aromatic carbocycles. The highest BCUT2D eigenvalue weighted by Gasteiger charge is 2.40. The molecule has 5 rings (SSSR count). The second kappa shape index (κ2) is 8.45. The average molecular weight is 428 g/mol. The Balaban J connectivity index is 1.42. The normalized spacial score (nSPS) is 22.4. The van der Waals surface area contributed by atoms with Gasteiger partial charge < -0.3 is 10.6 Å². The van der Waals surface area contributed by atoms with Crippen LogP contribution in [-0.2, 0) is 0 Å². The lowest BCUT2D eigenvalue weighted by Gasteiger charge is -2.39. The fraction of sp³-hybridized carbons (Fsp3) is 0.435. The molecule has 3 aromatic rings. The molecular formula is C23H25N9. The number of nitrogens with one attached hydrogen (secondary N) is 3. The summed E-state index contributed by atoms with van der Waals surface area (Å²) in [6.07, 6.45) is 5.03. The standard InChI is InChI=1S/C23H25N9/c1-14-9-22(31-30-14)28-21-12-20-19(6-3-15(13-25)26-20)23(29-21)27-16-10-17-4-5-18(11-16)32(17)8-2-7-24/h3,6,9,12,16-18H,2,4-5,8,10-11H2,1H3,(H3,27,28,29,30,31)/t16?,17-,18+. The Labute approximate surface area is 186 Å². The van der Waals surface area contributed by atoms with Crippen molar-refractivity contribution in [1.29, 1.82) is 10.5 Å². The molecule has 0 amide bonds. The molecule has 3 N–H and O–H groups in total. The topological polar surface area (TPSA) is 129 Å². The molecule has 5 heterocycles. The third-order valence-electron chi connectivity index (χ3n) is 6.47. The summed E-state index contributed by atoms with van der Waals surface area (Å²) in [6.45, 7) is 2.81. The van der Waals surface area contributed by atoms with Gasteiger partial charge in [0, 0.05) is 54.3 Å². The zero-order valence-corrected chi connectivity index (χ0v) is 18.0. The molecule has 2 fully saturated rings. The number of piperidine rings is 1. The van der Waals surface area contributed by atoms with Gasteiger partial charge in [0.15, 0.2) is 5.82 Å². The SMILES string of the molecule is Cc1cc(Nc2cc3nc(C#N)ccc3c(NC3C[C@H]4CC[C@@H](C3)N4CCC#N)n2)n[nH]1. The van der Waals surface area contributed by atoms with Crippen LogP contribution < -0.4 is 10.6 Å². The van der Waals surface area contributed by atoms with Gasteiger partial charge in [0.05, 0.1) is 11.6 Å². The Bertz CT molecular complexity index is 1200. The fourth-order valence-corrected chi connectivity index (χ4v) is 5.11. The van der Waals surface area contributed by atoms with Crippen molar-refractivity contribution in [2.75, 3.05) is 17.2 Å². The summed E-state index contributed by atoms with van der Waals surface area (Å²) in [6, 6.07) is 13.1. The smallest absolute Gasteiger partial charge is 0.153 e. The number of aromatic nitrogens is 4. The molecule has 0 saturated carbocycles. The maximum absolute atomic E-state index is 9.29. The van der Waals surface area contributed by atoms with Crippen LogP contribution in [0.3, 0.4) is 0 Å². The molecule has 0 spiro atoms. The summed E-state index contributed by atoms with van der Waals surface area (Å²) in [5, 5.41) is 33.2. The van der Waals surface area contributed by atoms with Crippen molar-refractivity contribution < 1.29 is 0 Å². The highest BCUT2D eigenvalue weighted by molar-refractivity contribution is 5.92. The lowest BCUT2D eigenvalue weighted by Crippen LogP contribution is -2.47. The zero-order valence-electron chi connectivity index (χ0n) is 18.0. The highest BCUT2D eigenvalue weighted by atomic mass is 15.2. The van der Waals surface area contributed by atoms with Gasteiger partial charge in [-0.3, -0.25) is 10.00 Å². The molecular weight excluding hydrogens is 402 g/mol. The van der Waals surface area contributed by atoms with Crippen molar-refractivity contribution in [1.82, 2.24) is 25.1 Å². The highest BCUT2D eigenvalue weighted by Crippen LogP contribution is 2.37. The van der Waals surface area contributed by atoms with Gasteiger partial charge in [-0.1, -0.05) is 0 Å². The minimum atomic E-state index is 0.306. The summed E-state index contributed by atoms with van der Waals surface area (Å²) in [7, 11) is 0. The number of fused-ring (bicyclic) bond motifs is 3. The predicted octanol–water partition coefficient (Wildman–Crippen LogP) is 3.60. The number of hydrogen-bond donors (Lipinski definition) is 3. The van der Waals surface area contributed by atoms with Gasteiger partial charge in [-0.25, -0.2) is 9.97 Å². The van der Waals surface area contributed by atoms with E-state index >= 15 is 0 Å². The average Bonchev–Trinajstić information content (AvgIpc) is 3.30. The first-order valence-electron chi connectivity index (χ1n) is 11.0. The van der Waals surface area contributed by atoms with Crippen molar-refractivity contribution in [2.45, 2.75) is 57.2 Å². The van der Waals surface area contributed by atoms with Gasteiger partial charge in [-0.15, -0.1) is 0 Å². The molecule has 2 aliphatic rings. The number of aryl methyl sites for hydroxylation is 1. The van der Waals surface area contributed by atoms with Crippen LogP contribution >= 0.6 is 0 Å². The van der Waals surface area contributed by atoms with Gasteiger partial charge in [-0.05, 0) is 44.7 Å². The number of pyridine rings is 2. The van der Waals surface area contributed by atoms with Crippen LogP contribution in [0.1, 0.15) is 43.5 Å². The molecule has 3 atom stereocenters. The summed E-state index contributed by atoms with van der Waals surface area (Å²) >= 11 is 0. The Hall–Kier alpha value is -3.69. The van der Waals surface area contributed by atoms with Crippen molar-refractivity contribution >= 4 is 28.4 Å². The van der Waals surface area contributed by atoms with E-state index in [9.17, 15) is 5.26 Å². The summed E-state index contributed by atoms with van der Waals surface area (Å²) < 4.78 is 0. The number of nitrogens with zero attached hydrogens (tertiary/aromatic N) is 6. The number of rotatable bonds is 6. The number of H-pyrrole nitrogens is 1. The first-order valence-corrected chi connectivity index (χ1v) is 11.0. The first-order chi connectivity index (χ1) is 15.6. The van der Waals surface area contributed by atoms with Crippen molar-refractivity contribution in [3.8, 4) is 12.1 Å². The van der Waals surface area contributed by atoms with Crippen molar-refractivity contribution in [3.05, 3.63) is 35.7 Å². The number of aromatic amines is 1. The van der Waals surface area contributed by atoms with Gasteiger partial charge in [-0.2, -0.15) is 15.6 Å². The van der Waals surface area contributed by atoms with E-state index < -0.39 is 0 Å². The van der Waals surface area contributed by atoms with Gasteiger partial charge in [0.25, 0.3) is 0 Å². The lowest BCUT2D eigenvalue weighted by atomic mass is 9.97. The van der Waals surface area contributed by atoms with Gasteiger partial charge in [0.2, 0.25) is 0 Å². The van der Waals surface area contributed by atoms with Crippen LogP contribution in [0.2, 0.25) is 0 Å². The van der Waals surface area contributed by atoms with Crippen LogP contribution in [0, 0.1) is 29.6 Å². The number of hydrogen-bond acceptors (Lipinski definition) is 8. The molecule has 1 unspecified atom stereocenters. The quantitative estimate of drug-likeness (QED) is 0.544. The Morgan fingerprint density at radius 3 is 2.62 bits per heavy atom. The van der Waals surface area contributed by atoms with E-state index in [1.54, 1.807) is 6.07 Å². The van der Waals surface area contributed by atoms with E-state index in [1.165, 1.54) is 12.8 Å². The largest absolute Gasteiger partial charge is 0.367 e. The van der Waals surface area contributed by atoms with Crippen LogP contribution in [0.25, 0.3) is 10.9 Å². The molecule has 9 nitrogen and oxygen atoms in total. The van der Waals surface area contributed by atoms with E-state index in [4.69, 9.17) is 10.2 Å². The lowest BCUT2D eigenvalue weighted by molar-refractivity contribution is 0.136. The predicted molar refractivity (Wildman–Crippen MR) is 121 cm³/mol. The third kappa shape index (κ3) is 3.95. The molecule has 2 aliphatic heterocycles. The second-order valence-corrected chi connectivity index (χ2v) is 8.64. The Kier molecular flexibility index (Phi) is 5.34. The molecule has 2 saturated heterocycles. The van der Waals surface area contributed by atoms with E-state index in [0.717, 1.165) is 36.3 Å². The van der Waals surface area contributed by atoms with Gasteiger partial charge in [0.1, 0.15) is 23.4 Å². The van der Waals surface area contributed by atoms with E-state index in [0.29, 0.717) is 47.4 Å². The molecule has 2 bridgehead atoms. The van der Waals surface area contributed by atoms with Crippen molar-refractivity contribution in [2.24, 2.45) is 0 Å². The minimum absolute atomic E-state index is 0.306. The second-order valence-electron chi connectivity index (χ2n) is 8.64. The maximum atomic E-state index is 9.29. The monoisotopic (exact) mass is 427 g/mol. The van der Waals surface area contributed by atoms with Crippen molar-refractivity contribution in [3.63, 3.8) is 0 Å². The molecule has 0 radical (unpaired) electrons. The Morgan fingerprint density at radius 2 is 1.94 bits per heavy atom. The van der Waals surface area contributed by atoms with Gasteiger partial charge >= 0.3 is 0 Å². The van der Waals surface area contributed by atoms with E-state index in [1.807, 2.05) is 25.1 Å². The van der Waals surface area contributed by atoms with Crippen LogP contribution in [-0.4, -0.2) is 49.7 Å². The maximum Gasteiger partial charge on any atom is 0.153 e. The zero-order chi connectivity index (χ0) is 22.1.